The van der Waals surface area contributed by atoms with Gasteiger partial charge in [-0.15, -0.1) is 11.8 Å². The SMILES string of the molecule is O=C(CSCc1ccc(Cl)cc1Cl)NCc1ccc(Cl)cc1. The summed E-state index contributed by atoms with van der Waals surface area (Å²) < 4.78 is 0. The van der Waals surface area contributed by atoms with E-state index in [-0.39, 0.29) is 5.91 Å². The number of amides is 1. The number of thioether (sulfide) groups is 1. The third-order valence-corrected chi connectivity index (χ3v) is 4.73. The van der Waals surface area contributed by atoms with Gasteiger partial charge in [0.1, 0.15) is 0 Å². The number of rotatable bonds is 6. The molecule has 0 unspecified atom stereocenters. The average Bonchev–Trinajstić information content (AvgIpc) is 2.49. The summed E-state index contributed by atoms with van der Waals surface area (Å²) in [5, 5.41) is 4.79. The van der Waals surface area contributed by atoms with E-state index in [0.717, 1.165) is 11.1 Å². The van der Waals surface area contributed by atoms with E-state index >= 15 is 0 Å². The Morgan fingerprint density at radius 1 is 1.00 bits per heavy atom. The fraction of sp³-hybridized carbons (Fsp3) is 0.188. The van der Waals surface area contributed by atoms with Gasteiger partial charge in [-0.2, -0.15) is 0 Å². The Labute approximate surface area is 149 Å². The van der Waals surface area contributed by atoms with Crippen LogP contribution in [0.25, 0.3) is 0 Å². The molecule has 0 fully saturated rings. The molecule has 0 aliphatic rings. The molecule has 0 saturated carbocycles. The highest BCUT2D eigenvalue weighted by Crippen LogP contribution is 2.24. The highest BCUT2D eigenvalue weighted by Gasteiger charge is 2.05. The van der Waals surface area contributed by atoms with Crippen LogP contribution >= 0.6 is 46.6 Å². The first-order valence-electron chi connectivity index (χ1n) is 6.57. The first-order chi connectivity index (χ1) is 10.5. The second kappa shape index (κ2) is 8.68. The number of hydrogen-bond acceptors (Lipinski definition) is 2. The maximum Gasteiger partial charge on any atom is 0.230 e. The summed E-state index contributed by atoms with van der Waals surface area (Å²) in [4.78, 5) is 11.8. The maximum absolute atomic E-state index is 11.8. The van der Waals surface area contributed by atoms with Crippen molar-refractivity contribution in [2.75, 3.05) is 5.75 Å². The Kier molecular flexibility index (Phi) is 6.90. The van der Waals surface area contributed by atoms with Gasteiger partial charge in [-0.3, -0.25) is 4.79 Å². The van der Waals surface area contributed by atoms with Crippen molar-refractivity contribution >= 4 is 52.5 Å². The van der Waals surface area contributed by atoms with Crippen LogP contribution in [0, 0.1) is 0 Å². The summed E-state index contributed by atoms with van der Waals surface area (Å²) in [5.74, 6) is 1.04. The monoisotopic (exact) mass is 373 g/mol. The van der Waals surface area contributed by atoms with E-state index in [1.807, 2.05) is 18.2 Å². The lowest BCUT2D eigenvalue weighted by molar-refractivity contribution is -0.118. The standard InChI is InChI=1S/C16H14Cl3NOS/c17-13-4-1-11(2-5-13)8-20-16(21)10-22-9-12-3-6-14(18)7-15(12)19/h1-7H,8-10H2,(H,20,21). The van der Waals surface area contributed by atoms with Crippen molar-refractivity contribution < 1.29 is 4.79 Å². The Morgan fingerprint density at radius 2 is 1.68 bits per heavy atom. The Balaban J connectivity index is 1.72. The van der Waals surface area contributed by atoms with Gasteiger partial charge in [-0.25, -0.2) is 0 Å². The van der Waals surface area contributed by atoms with E-state index in [2.05, 4.69) is 5.32 Å². The number of carbonyl (C=O) groups excluding carboxylic acids is 1. The molecular formula is C16H14Cl3NOS. The van der Waals surface area contributed by atoms with Crippen molar-refractivity contribution in [2.24, 2.45) is 0 Å². The molecule has 0 atom stereocenters. The van der Waals surface area contributed by atoms with Crippen molar-refractivity contribution in [1.29, 1.82) is 0 Å². The fourth-order valence-corrected chi connectivity index (χ4v) is 3.29. The summed E-state index contributed by atoms with van der Waals surface area (Å²) >= 11 is 19.3. The molecule has 0 spiro atoms. The largest absolute Gasteiger partial charge is 0.351 e. The minimum atomic E-state index is -0.00923. The third kappa shape index (κ3) is 5.73. The smallest absolute Gasteiger partial charge is 0.230 e. The van der Waals surface area contributed by atoms with Crippen LogP contribution in [0.1, 0.15) is 11.1 Å². The van der Waals surface area contributed by atoms with Crippen molar-refractivity contribution in [3.8, 4) is 0 Å². The minimum absolute atomic E-state index is 0.00923. The molecule has 1 amide bonds. The minimum Gasteiger partial charge on any atom is -0.351 e. The Morgan fingerprint density at radius 3 is 2.36 bits per heavy atom. The molecule has 0 bridgehead atoms. The van der Waals surface area contributed by atoms with Crippen molar-refractivity contribution in [3.63, 3.8) is 0 Å². The van der Waals surface area contributed by atoms with Gasteiger partial charge < -0.3 is 5.32 Å². The molecule has 22 heavy (non-hydrogen) atoms. The van der Waals surface area contributed by atoms with Crippen LogP contribution in [-0.2, 0) is 17.1 Å². The zero-order valence-corrected chi connectivity index (χ0v) is 14.7. The van der Waals surface area contributed by atoms with Crippen LogP contribution in [0.2, 0.25) is 15.1 Å². The summed E-state index contributed by atoms with van der Waals surface area (Å²) in [6.07, 6.45) is 0. The average molecular weight is 375 g/mol. The molecule has 0 heterocycles. The topological polar surface area (TPSA) is 29.1 Å². The van der Waals surface area contributed by atoms with E-state index in [9.17, 15) is 4.79 Å². The highest BCUT2D eigenvalue weighted by molar-refractivity contribution is 7.99. The second-order valence-electron chi connectivity index (χ2n) is 4.63. The lowest BCUT2D eigenvalue weighted by atomic mass is 10.2. The fourth-order valence-electron chi connectivity index (χ4n) is 1.75. The number of carbonyl (C=O) groups is 1. The maximum atomic E-state index is 11.8. The summed E-state index contributed by atoms with van der Waals surface area (Å²) in [6, 6.07) is 12.8. The van der Waals surface area contributed by atoms with Gasteiger partial charge in [0.15, 0.2) is 0 Å². The molecule has 2 rings (SSSR count). The second-order valence-corrected chi connectivity index (χ2v) is 6.90. The number of nitrogens with one attached hydrogen (secondary N) is 1. The van der Waals surface area contributed by atoms with E-state index < -0.39 is 0 Å². The van der Waals surface area contributed by atoms with Gasteiger partial charge in [0, 0.05) is 27.4 Å². The first-order valence-corrected chi connectivity index (χ1v) is 8.86. The molecule has 2 nitrogen and oxygen atoms in total. The predicted molar refractivity (Wildman–Crippen MR) is 95.9 cm³/mol. The van der Waals surface area contributed by atoms with Gasteiger partial charge in [0.25, 0.3) is 0 Å². The lowest BCUT2D eigenvalue weighted by Gasteiger charge is -2.07. The van der Waals surface area contributed by atoms with Crippen LogP contribution < -0.4 is 5.32 Å². The number of hydrogen-bond donors (Lipinski definition) is 1. The molecule has 116 valence electrons. The number of benzene rings is 2. The van der Waals surface area contributed by atoms with Gasteiger partial charge in [-0.05, 0) is 35.4 Å². The van der Waals surface area contributed by atoms with E-state index in [4.69, 9.17) is 34.8 Å². The van der Waals surface area contributed by atoms with Crippen LogP contribution in [0.4, 0.5) is 0 Å². The van der Waals surface area contributed by atoms with Gasteiger partial charge in [0.2, 0.25) is 5.91 Å². The predicted octanol–water partition coefficient (Wildman–Crippen LogP) is 5.20. The molecule has 6 heteroatoms. The van der Waals surface area contributed by atoms with E-state index in [1.165, 1.54) is 11.8 Å². The molecule has 0 aliphatic carbocycles. The van der Waals surface area contributed by atoms with Crippen LogP contribution in [0.5, 0.6) is 0 Å². The molecule has 2 aromatic rings. The van der Waals surface area contributed by atoms with Gasteiger partial charge >= 0.3 is 0 Å². The third-order valence-electron chi connectivity index (χ3n) is 2.91. The van der Waals surface area contributed by atoms with Crippen molar-refractivity contribution in [3.05, 3.63) is 68.7 Å². The van der Waals surface area contributed by atoms with E-state index in [0.29, 0.717) is 33.1 Å². The first kappa shape index (κ1) is 17.5. The van der Waals surface area contributed by atoms with Crippen molar-refractivity contribution in [2.45, 2.75) is 12.3 Å². The number of halogens is 3. The Hall–Kier alpha value is -0.870. The van der Waals surface area contributed by atoms with Gasteiger partial charge in [-0.1, -0.05) is 53.0 Å². The van der Waals surface area contributed by atoms with Crippen molar-refractivity contribution in [1.82, 2.24) is 5.32 Å². The molecule has 2 aromatic carbocycles. The molecule has 0 aromatic heterocycles. The molecular weight excluding hydrogens is 361 g/mol. The zero-order chi connectivity index (χ0) is 15.9. The molecule has 1 N–H and O–H groups in total. The molecule has 0 aliphatic heterocycles. The van der Waals surface area contributed by atoms with Crippen LogP contribution in [0.15, 0.2) is 42.5 Å². The summed E-state index contributed by atoms with van der Waals surface area (Å²) in [6.45, 7) is 0.498. The van der Waals surface area contributed by atoms with E-state index in [1.54, 1.807) is 24.3 Å². The summed E-state index contributed by atoms with van der Waals surface area (Å²) in [5.41, 5.74) is 1.99. The lowest BCUT2D eigenvalue weighted by Crippen LogP contribution is -2.24. The molecule has 0 saturated heterocycles. The van der Waals surface area contributed by atoms with Crippen LogP contribution in [0.3, 0.4) is 0 Å². The quantitative estimate of drug-likeness (QED) is 0.753. The highest BCUT2D eigenvalue weighted by atomic mass is 35.5. The van der Waals surface area contributed by atoms with Gasteiger partial charge in [0.05, 0.1) is 5.75 Å². The zero-order valence-electron chi connectivity index (χ0n) is 11.6. The normalized spacial score (nSPS) is 10.5. The van der Waals surface area contributed by atoms with Crippen LogP contribution in [-0.4, -0.2) is 11.7 Å². The molecule has 0 radical (unpaired) electrons. The Bertz CT molecular complexity index is 646. The summed E-state index contributed by atoms with van der Waals surface area (Å²) in [7, 11) is 0.